The predicted octanol–water partition coefficient (Wildman–Crippen LogP) is 2.70. The summed E-state index contributed by atoms with van der Waals surface area (Å²) in [5, 5.41) is 0.196. The summed E-state index contributed by atoms with van der Waals surface area (Å²) in [6.07, 6.45) is 0.963. The van der Waals surface area contributed by atoms with Crippen molar-refractivity contribution in [1.82, 2.24) is 0 Å². The fourth-order valence-corrected chi connectivity index (χ4v) is 3.45. The third-order valence-corrected chi connectivity index (χ3v) is 3.66. The lowest BCUT2D eigenvalue weighted by Gasteiger charge is -2.02. The minimum absolute atomic E-state index is 0.196. The van der Waals surface area contributed by atoms with Gasteiger partial charge in [0.15, 0.2) is 0 Å². The first-order chi connectivity index (χ1) is 3.66. The summed E-state index contributed by atoms with van der Waals surface area (Å²) >= 11 is 16.9. The summed E-state index contributed by atoms with van der Waals surface area (Å²) < 4.78 is 0. The summed E-state index contributed by atoms with van der Waals surface area (Å²) in [6, 6.07) is 0.821. The molecule has 0 radical (unpaired) electrons. The highest BCUT2D eigenvalue weighted by atomic mass is 35.7. The van der Waals surface area contributed by atoms with Crippen LogP contribution >= 0.6 is 33.8 Å². The van der Waals surface area contributed by atoms with E-state index in [0.717, 1.165) is 12.5 Å². The molecule has 4 heteroatoms. The van der Waals surface area contributed by atoms with Crippen molar-refractivity contribution in [2.45, 2.75) is 24.8 Å². The number of hydrogen-bond donors (Lipinski definition) is 0. The van der Waals surface area contributed by atoms with Crippen LogP contribution in [0.3, 0.4) is 0 Å². The summed E-state index contributed by atoms with van der Waals surface area (Å²) in [6.45, 7) is 2.03. The van der Waals surface area contributed by atoms with E-state index in [-0.39, 0.29) is 5.38 Å². The zero-order valence-electron chi connectivity index (χ0n) is 4.70. The summed E-state index contributed by atoms with van der Waals surface area (Å²) in [7, 11) is -1.43. The van der Waals surface area contributed by atoms with Gasteiger partial charge in [0.05, 0.1) is 0 Å². The van der Waals surface area contributed by atoms with Crippen LogP contribution in [0, 0.1) is 0 Å². The second-order valence-corrected chi connectivity index (χ2v) is 7.33. The fourth-order valence-electron chi connectivity index (χ4n) is 0.360. The maximum absolute atomic E-state index is 5.73. The average Bonchev–Trinajstić information content (AvgIpc) is 1.65. The Kier molecular flexibility index (Phi) is 5.59. The first kappa shape index (κ1) is 9.09. The van der Waals surface area contributed by atoms with Gasteiger partial charge < -0.3 is 0 Å². The van der Waals surface area contributed by atoms with E-state index in [4.69, 9.17) is 33.8 Å². The molecule has 0 amide bonds. The van der Waals surface area contributed by atoms with Crippen molar-refractivity contribution < 1.29 is 0 Å². The molecule has 0 spiro atoms. The number of halogens is 3. The van der Waals surface area contributed by atoms with Crippen LogP contribution < -0.4 is 0 Å². The molecule has 1 unspecified atom stereocenters. The van der Waals surface area contributed by atoms with Crippen LogP contribution in [-0.2, 0) is 0 Å². The SMILES string of the molecule is CCC(Cl)C[SiH](Cl)Cl. The van der Waals surface area contributed by atoms with E-state index in [2.05, 4.69) is 0 Å². The van der Waals surface area contributed by atoms with Crippen molar-refractivity contribution in [3.8, 4) is 0 Å². The molecule has 0 aliphatic carbocycles. The molecule has 50 valence electrons. The minimum Gasteiger partial charge on any atom is -0.150 e. The maximum Gasteiger partial charge on any atom is 0.238 e. The van der Waals surface area contributed by atoms with Crippen LogP contribution in [0.5, 0.6) is 0 Å². The highest BCUT2D eigenvalue weighted by Crippen LogP contribution is 2.14. The molecule has 0 bridgehead atoms. The van der Waals surface area contributed by atoms with E-state index in [1.165, 1.54) is 0 Å². The fraction of sp³-hybridized carbons (Fsp3) is 1.00. The van der Waals surface area contributed by atoms with Gasteiger partial charge in [-0.1, -0.05) is 6.92 Å². The molecular weight excluding hydrogens is 182 g/mol. The molecule has 0 aromatic carbocycles. The molecule has 0 nitrogen and oxygen atoms in total. The zero-order valence-corrected chi connectivity index (χ0v) is 8.13. The number of hydrogen-bond acceptors (Lipinski definition) is 0. The van der Waals surface area contributed by atoms with Crippen LogP contribution in [0.4, 0.5) is 0 Å². The van der Waals surface area contributed by atoms with Gasteiger partial charge in [0, 0.05) is 5.38 Å². The molecule has 0 saturated heterocycles. The van der Waals surface area contributed by atoms with Crippen molar-refractivity contribution >= 4 is 41.2 Å². The Bertz CT molecular complexity index is 57.2. The Morgan fingerprint density at radius 2 is 2.00 bits per heavy atom. The van der Waals surface area contributed by atoms with Gasteiger partial charge in [-0.15, -0.1) is 11.6 Å². The zero-order chi connectivity index (χ0) is 6.57. The van der Waals surface area contributed by atoms with E-state index in [9.17, 15) is 0 Å². The molecule has 0 fully saturated rings. The van der Waals surface area contributed by atoms with Crippen LogP contribution in [0.2, 0.25) is 6.04 Å². The lowest BCUT2D eigenvalue weighted by Crippen LogP contribution is -2.03. The lowest BCUT2D eigenvalue weighted by atomic mass is 10.4. The molecule has 0 aliphatic heterocycles. The van der Waals surface area contributed by atoms with Crippen LogP contribution in [0.15, 0.2) is 0 Å². The van der Waals surface area contributed by atoms with Gasteiger partial charge in [-0.3, -0.25) is 0 Å². The second-order valence-electron chi connectivity index (χ2n) is 1.63. The third-order valence-electron chi connectivity index (χ3n) is 0.877. The van der Waals surface area contributed by atoms with Gasteiger partial charge >= 0.3 is 0 Å². The van der Waals surface area contributed by atoms with Crippen molar-refractivity contribution in [1.29, 1.82) is 0 Å². The highest BCUT2D eigenvalue weighted by Gasteiger charge is 2.08. The lowest BCUT2D eigenvalue weighted by molar-refractivity contribution is 0.890. The van der Waals surface area contributed by atoms with E-state index >= 15 is 0 Å². The summed E-state index contributed by atoms with van der Waals surface area (Å²) in [5.41, 5.74) is 0. The van der Waals surface area contributed by atoms with Crippen molar-refractivity contribution in [3.63, 3.8) is 0 Å². The molecule has 0 saturated carbocycles. The van der Waals surface area contributed by atoms with Gasteiger partial charge in [0.1, 0.15) is 0 Å². The number of alkyl halides is 1. The molecular formula is C4H9Cl3Si. The van der Waals surface area contributed by atoms with Crippen LogP contribution in [0.25, 0.3) is 0 Å². The Balaban J connectivity index is 3.10. The second kappa shape index (κ2) is 4.92. The topological polar surface area (TPSA) is 0 Å². The largest absolute Gasteiger partial charge is 0.238 e. The molecule has 8 heavy (non-hydrogen) atoms. The van der Waals surface area contributed by atoms with Gasteiger partial charge in [-0.25, -0.2) is 0 Å². The molecule has 0 aromatic rings. The Labute approximate surface area is 66.1 Å². The van der Waals surface area contributed by atoms with Crippen LogP contribution in [0.1, 0.15) is 13.3 Å². The summed E-state index contributed by atoms with van der Waals surface area (Å²) in [4.78, 5) is 0. The molecule has 1 atom stereocenters. The monoisotopic (exact) mass is 190 g/mol. The summed E-state index contributed by atoms with van der Waals surface area (Å²) in [5.74, 6) is 0. The van der Waals surface area contributed by atoms with Crippen molar-refractivity contribution in [3.05, 3.63) is 0 Å². The molecule has 0 rings (SSSR count). The standard InChI is InChI=1S/C4H9Cl3Si/c1-2-4(5)3-8(6)7/h4,8H,2-3H2,1H3. The van der Waals surface area contributed by atoms with E-state index < -0.39 is 7.42 Å². The maximum atomic E-state index is 5.73. The quantitative estimate of drug-likeness (QED) is 0.366. The normalized spacial score (nSPS) is 14.6. The van der Waals surface area contributed by atoms with Crippen molar-refractivity contribution in [2.75, 3.05) is 0 Å². The van der Waals surface area contributed by atoms with Gasteiger partial charge in [-0.05, 0) is 12.5 Å². The van der Waals surface area contributed by atoms with E-state index in [0.29, 0.717) is 0 Å². The third kappa shape index (κ3) is 5.23. The Morgan fingerprint density at radius 3 is 2.12 bits per heavy atom. The molecule has 0 aromatic heterocycles. The van der Waals surface area contributed by atoms with Crippen molar-refractivity contribution in [2.24, 2.45) is 0 Å². The Morgan fingerprint density at radius 1 is 1.50 bits per heavy atom. The average molecular weight is 192 g/mol. The van der Waals surface area contributed by atoms with Gasteiger partial charge in [0.2, 0.25) is 7.42 Å². The number of rotatable bonds is 3. The van der Waals surface area contributed by atoms with Gasteiger partial charge in [-0.2, -0.15) is 22.2 Å². The van der Waals surface area contributed by atoms with Crippen LogP contribution in [-0.4, -0.2) is 12.8 Å². The predicted molar refractivity (Wildman–Crippen MR) is 43.6 cm³/mol. The smallest absolute Gasteiger partial charge is 0.150 e. The first-order valence-electron chi connectivity index (χ1n) is 2.59. The Hall–Kier alpha value is 1.09. The minimum atomic E-state index is -1.43. The molecule has 0 heterocycles. The van der Waals surface area contributed by atoms with E-state index in [1.54, 1.807) is 0 Å². The molecule has 0 N–H and O–H groups in total. The van der Waals surface area contributed by atoms with E-state index in [1.807, 2.05) is 6.92 Å². The highest BCUT2D eigenvalue weighted by molar-refractivity contribution is 7.33. The van der Waals surface area contributed by atoms with Gasteiger partial charge in [0.25, 0.3) is 0 Å². The first-order valence-corrected chi connectivity index (χ1v) is 7.33. The molecule has 0 aliphatic rings.